The van der Waals surface area contributed by atoms with Crippen molar-refractivity contribution in [2.75, 3.05) is 0 Å². The Hall–Kier alpha value is -1.64. The van der Waals surface area contributed by atoms with Gasteiger partial charge in [-0.1, -0.05) is 30.3 Å². The Bertz CT molecular complexity index is 370. The smallest absolute Gasteiger partial charge is 0.245 e. The highest BCUT2D eigenvalue weighted by atomic mass is 16.2. The molecule has 1 aliphatic rings. The molecule has 3 heteroatoms. The molecule has 0 spiro atoms. The Balaban J connectivity index is 1.74. The molecule has 2 rings (SSSR count). The van der Waals surface area contributed by atoms with E-state index in [0.717, 1.165) is 25.0 Å². The van der Waals surface area contributed by atoms with E-state index in [9.17, 15) is 4.79 Å². The minimum Gasteiger partial charge on any atom is -0.273 e. The van der Waals surface area contributed by atoms with Gasteiger partial charge in [0.2, 0.25) is 5.91 Å². The maximum atomic E-state index is 10.9. The predicted molar refractivity (Wildman–Crippen MR) is 59.6 cm³/mol. The third-order valence-corrected chi connectivity index (χ3v) is 2.48. The van der Waals surface area contributed by atoms with Gasteiger partial charge in [0, 0.05) is 5.71 Å². The van der Waals surface area contributed by atoms with Crippen LogP contribution in [0.25, 0.3) is 0 Å². The standard InChI is InChI=1S/C12H14N2O/c15-12-9-11(13-14-12)8-4-7-10-5-2-1-3-6-10/h1-3,5-6H,4,7-9H2,(H,14,15). The molecule has 0 saturated carbocycles. The Kier molecular flexibility index (Phi) is 3.12. The fourth-order valence-corrected chi connectivity index (χ4v) is 1.69. The molecule has 0 unspecified atom stereocenters. The van der Waals surface area contributed by atoms with Crippen molar-refractivity contribution in [1.82, 2.24) is 5.43 Å². The van der Waals surface area contributed by atoms with Crippen LogP contribution >= 0.6 is 0 Å². The average Bonchev–Trinajstić information content (AvgIpc) is 2.66. The highest BCUT2D eigenvalue weighted by Crippen LogP contribution is 2.08. The summed E-state index contributed by atoms with van der Waals surface area (Å²) in [5.41, 5.74) is 4.79. The number of benzene rings is 1. The molecule has 78 valence electrons. The van der Waals surface area contributed by atoms with Crippen molar-refractivity contribution in [1.29, 1.82) is 0 Å². The van der Waals surface area contributed by atoms with E-state index in [2.05, 4.69) is 22.7 Å². The molecule has 1 heterocycles. The highest BCUT2D eigenvalue weighted by Gasteiger charge is 2.13. The van der Waals surface area contributed by atoms with Gasteiger partial charge < -0.3 is 0 Å². The fourth-order valence-electron chi connectivity index (χ4n) is 1.69. The summed E-state index contributed by atoms with van der Waals surface area (Å²) in [6, 6.07) is 10.4. The first kappa shape index (κ1) is 9.90. The van der Waals surface area contributed by atoms with Crippen LogP contribution in [0, 0.1) is 0 Å². The molecule has 0 fully saturated rings. The summed E-state index contributed by atoms with van der Waals surface area (Å²) >= 11 is 0. The second-order valence-corrected chi connectivity index (χ2v) is 3.73. The molecule has 1 aliphatic heterocycles. The number of rotatable bonds is 4. The summed E-state index contributed by atoms with van der Waals surface area (Å²) in [6.07, 6.45) is 3.49. The van der Waals surface area contributed by atoms with Crippen LogP contribution < -0.4 is 5.43 Å². The summed E-state index contributed by atoms with van der Waals surface area (Å²) < 4.78 is 0. The number of hydrazone groups is 1. The lowest BCUT2D eigenvalue weighted by molar-refractivity contribution is -0.119. The minimum atomic E-state index is 0.0183. The van der Waals surface area contributed by atoms with Gasteiger partial charge in [0.1, 0.15) is 0 Å². The molecule has 0 bridgehead atoms. The SMILES string of the molecule is O=C1CC(CCCc2ccccc2)=NN1. The van der Waals surface area contributed by atoms with Gasteiger partial charge >= 0.3 is 0 Å². The van der Waals surface area contributed by atoms with Gasteiger partial charge in [-0.2, -0.15) is 5.10 Å². The molecule has 1 amide bonds. The van der Waals surface area contributed by atoms with Crippen molar-refractivity contribution in [3.63, 3.8) is 0 Å². The van der Waals surface area contributed by atoms with Crippen LogP contribution in [0.15, 0.2) is 35.4 Å². The van der Waals surface area contributed by atoms with Crippen LogP contribution in [0.3, 0.4) is 0 Å². The molecule has 0 aromatic heterocycles. The van der Waals surface area contributed by atoms with Crippen molar-refractivity contribution in [3.8, 4) is 0 Å². The quantitative estimate of drug-likeness (QED) is 0.795. The Morgan fingerprint density at radius 2 is 2.00 bits per heavy atom. The minimum absolute atomic E-state index is 0.0183. The lowest BCUT2D eigenvalue weighted by Crippen LogP contribution is -2.09. The summed E-state index contributed by atoms with van der Waals surface area (Å²) in [7, 11) is 0. The molecule has 1 aromatic rings. The van der Waals surface area contributed by atoms with E-state index >= 15 is 0 Å². The number of hydrogen-bond donors (Lipinski definition) is 1. The summed E-state index contributed by atoms with van der Waals surface area (Å²) in [5, 5.41) is 3.97. The molecule has 0 radical (unpaired) electrons. The number of hydrogen-bond acceptors (Lipinski definition) is 2. The summed E-state index contributed by atoms with van der Waals surface area (Å²) in [5.74, 6) is 0.0183. The van der Waals surface area contributed by atoms with E-state index in [0.29, 0.717) is 6.42 Å². The van der Waals surface area contributed by atoms with Gasteiger partial charge in [0.15, 0.2) is 0 Å². The van der Waals surface area contributed by atoms with E-state index in [4.69, 9.17) is 0 Å². The van der Waals surface area contributed by atoms with Crippen molar-refractivity contribution in [2.45, 2.75) is 25.7 Å². The first-order valence-electron chi connectivity index (χ1n) is 5.23. The van der Waals surface area contributed by atoms with Crippen molar-refractivity contribution < 1.29 is 4.79 Å². The lowest BCUT2D eigenvalue weighted by atomic mass is 10.1. The average molecular weight is 202 g/mol. The molecule has 1 N–H and O–H groups in total. The van der Waals surface area contributed by atoms with Crippen molar-refractivity contribution >= 4 is 11.6 Å². The number of carbonyl (C=O) groups is 1. The zero-order chi connectivity index (χ0) is 10.5. The van der Waals surface area contributed by atoms with E-state index in [1.807, 2.05) is 18.2 Å². The number of nitrogens with one attached hydrogen (secondary N) is 1. The van der Waals surface area contributed by atoms with Crippen LogP contribution in [0.4, 0.5) is 0 Å². The monoisotopic (exact) mass is 202 g/mol. The maximum absolute atomic E-state index is 10.9. The van der Waals surface area contributed by atoms with Gasteiger partial charge in [0.25, 0.3) is 0 Å². The van der Waals surface area contributed by atoms with Crippen molar-refractivity contribution in [3.05, 3.63) is 35.9 Å². The van der Waals surface area contributed by atoms with E-state index in [1.54, 1.807) is 0 Å². The Morgan fingerprint density at radius 1 is 1.20 bits per heavy atom. The lowest BCUT2D eigenvalue weighted by Gasteiger charge is -2.00. The number of amides is 1. The second kappa shape index (κ2) is 4.73. The zero-order valence-electron chi connectivity index (χ0n) is 8.57. The van der Waals surface area contributed by atoms with Gasteiger partial charge in [-0.25, -0.2) is 5.43 Å². The fraction of sp³-hybridized carbons (Fsp3) is 0.333. The largest absolute Gasteiger partial charge is 0.273 e. The van der Waals surface area contributed by atoms with Crippen LogP contribution in [0.1, 0.15) is 24.8 Å². The number of aryl methyl sites for hydroxylation is 1. The van der Waals surface area contributed by atoms with E-state index in [1.165, 1.54) is 5.56 Å². The molecular weight excluding hydrogens is 188 g/mol. The first-order chi connectivity index (χ1) is 7.34. The highest BCUT2D eigenvalue weighted by molar-refractivity contribution is 6.04. The predicted octanol–water partition coefficient (Wildman–Crippen LogP) is 1.89. The van der Waals surface area contributed by atoms with Crippen molar-refractivity contribution in [2.24, 2.45) is 5.10 Å². The van der Waals surface area contributed by atoms with E-state index in [-0.39, 0.29) is 5.91 Å². The molecule has 1 aromatic carbocycles. The van der Waals surface area contributed by atoms with Gasteiger partial charge in [-0.3, -0.25) is 4.79 Å². The second-order valence-electron chi connectivity index (χ2n) is 3.73. The molecule has 0 aliphatic carbocycles. The van der Waals surface area contributed by atoms with Crippen LogP contribution in [-0.2, 0) is 11.2 Å². The Labute approximate surface area is 89.2 Å². The van der Waals surface area contributed by atoms with Gasteiger partial charge in [-0.15, -0.1) is 0 Å². The molecular formula is C12H14N2O. The molecule has 3 nitrogen and oxygen atoms in total. The first-order valence-corrected chi connectivity index (χ1v) is 5.23. The topological polar surface area (TPSA) is 41.5 Å². The normalized spacial score (nSPS) is 14.9. The van der Waals surface area contributed by atoms with Crippen LogP contribution in [-0.4, -0.2) is 11.6 Å². The molecule has 15 heavy (non-hydrogen) atoms. The van der Waals surface area contributed by atoms with Crippen LogP contribution in [0.5, 0.6) is 0 Å². The molecule has 0 saturated heterocycles. The molecule has 0 atom stereocenters. The maximum Gasteiger partial charge on any atom is 0.245 e. The van der Waals surface area contributed by atoms with Gasteiger partial charge in [-0.05, 0) is 24.8 Å². The van der Waals surface area contributed by atoms with Crippen LogP contribution in [0.2, 0.25) is 0 Å². The zero-order valence-corrected chi connectivity index (χ0v) is 8.57. The third kappa shape index (κ3) is 2.91. The van der Waals surface area contributed by atoms with Gasteiger partial charge in [0.05, 0.1) is 6.42 Å². The number of carbonyl (C=O) groups excluding carboxylic acids is 1. The third-order valence-electron chi connectivity index (χ3n) is 2.48. The van der Waals surface area contributed by atoms with E-state index < -0.39 is 0 Å². The number of nitrogens with zero attached hydrogens (tertiary/aromatic N) is 1. The Morgan fingerprint density at radius 3 is 2.67 bits per heavy atom. The summed E-state index contributed by atoms with van der Waals surface area (Å²) in [6.45, 7) is 0. The summed E-state index contributed by atoms with van der Waals surface area (Å²) in [4.78, 5) is 10.9.